The standard InChI is InChI=1S/C23H28OS/c1-4-8-18-10-7-11-19(22(18)9-5-2)14-17-23(24)20-12-15-21(16-13-20)25-6-3/h7,10-17H,4-6,8-9H2,1-3H3/b17-14+. The van der Waals surface area contributed by atoms with Crippen LogP contribution in [0.2, 0.25) is 0 Å². The Morgan fingerprint density at radius 2 is 1.68 bits per heavy atom. The Morgan fingerprint density at radius 1 is 0.960 bits per heavy atom. The molecule has 0 saturated carbocycles. The van der Waals surface area contributed by atoms with Crippen molar-refractivity contribution in [1.29, 1.82) is 0 Å². The fourth-order valence-corrected chi connectivity index (χ4v) is 3.67. The summed E-state index contributed by atoms with van der Waals surface area (Å²) in [6.07, 6.45) is 8.12. The number of aryl methyl sites for hydroxylation is 1. The van der Waals surface area contributed by atoms with E-state index in [2.05, 4.69) is 39.0 Å². The molecule has 0 aromatic heterocycles. The van der Waals surface area contributed by atoms with Crippen molar-refractivity contribution in [2.24, 2.45) is 0 Å². The Balaban J connectivity index is 2.19. The smallest absolute Gasteiger partial charge is 0.185 e. The molecule has 0 N–H and O–H groups in total. The number of allylic oxidation sites excluding steroid dienone is 1. The van der Waals surface area contributed by atoms with Crippen molar-refractivity contribution in [3.05, 3.63) is 70.8 Å². The molecule has 0 saturated heterocycles. The summed E-state index contributed by atoms with van der Waals surface area (Å²) in [5.41, 5.74) is 4.74. The van der Waals surface area contributed by atoms with Gasteiger partial charge in [0.15, 0.2) is 5.78 Å². The predicted octanol–water partition coefficient (Wildman–Crippen LogP) is 6.60. The number of rotatable bonds is 9. The Bertz CT molecular complexity index is 713. The number of thioether (sulfide) groups is 1. The second-order valence-electron chi connectivity index (χ2n) is 6.14. The molecule has 132 valence electrons. The zero-order chi connectivity index (χ0) is 18.1. The van der Waals surface area contributed by atoms with E-state index in [0.29, 0.717) is 0 Å². The van der Waals surface area contributed by atoms with Crippen molar-refractivity contribution in [3.63, 3.8) is 0 Å². The van der Waals surface area contributed by atoms with Crippen LogP contribution in [-0.2, 0) is 12.8 Å². The van der Waals surface area contributed by atoms with Crippen molar-refractivity contribution in [1.82, 2.24) is 0 Å². The Hall–Kier alpha value is -1.80. The van der Waals surface area contributed by atoms with Gasteiger partial charge in [0.05, 0.1) is 0 Å². The number of carbonyl (C=O) groups is 1. The minimum absolute atomic E-state index is 0.0661. The van der Waals surface area contributed by atoms with Crippen LogP contribution in [-0.4, -0.2) is 11.5 Å². The topological polar surface area (TPSA) is 17.1 Å². The number of benzene rings is 2. The molecule has 2 aromatic carbocycles. The lowest BCUT2D eigenvalue weighted by Crippen LogP contribution is -1.98. The summed E-state index contributed by atoms with van der Waals surface area (Å²) >= 11 is 1.79. The van der Waals surface area contributed by atoms with E-state index in [9.17, 15) is 4.79 Å². The van der Waals surface area contributed by atoms with E-state index in [4.69, 9.17) is 0 Å². The summed E-state index contributed by atoms with van der Waals surface area (Å²) in [7, 11) is 0. The van der Waals surface area contributed by atoms with E-state index >= 15 is 0 Å². The SMILES string of the molecule is CCCc1cccc(/C=C/C(=O)c2ccc(SCC)cc2)c1CCC. The van der Waals surface area contributed by atoms with Crippen molar-refractivity contribution >= 4 is 23.6 Å². The zero-order valence-electron chi connectivity index (χ0n) is 15.5. The molecule has 0 heterocycles. The number of hydrogen-bond acceptors (Lipinski definition) is 2. The molecule has 0 fully saturated rings. The van der Waals surface area contributed by atoms with Gasteiger partial charge in [-0.2, -0.15) is 0 Å². The van der Waals surface area contributed by atoms with Crippen LogP contribution in [0, 0.1) is 0 Å². The van der Waals surface area contributed by atoms with E-state index in [1.807, 2.05) is 30.3 Å². The number of ketones is 1. The predicted molar refractivity (Wildman–Crippen MR) is 111 cm³/mol. The highest BCUT2D eigenvalue weighted by Crippen LogP contribution is 2.21. The molecule has 25 heavy (non-hydrogen) atoms. The van der Waals surface area contributed by atoms with Crippen LogP contribution in [0.15, 0.2) is 53.4 Å². The van der Waals surface area contributed by atoms with Crippen molar-refractivity contribution in [3.8, 4) is 0 Å². The largest absolute Gasteiger partial charge is 0.289 e. The second-order valence-corrected chi connectivity index (χ2v) is 7.48. The lowest BCUT2D eigenvalue weighted by molar-refractivity contribution is 0.104. The first-order valence-electron chi connectivity index (χ1n) is 9.25. The van der Waals surface area contributed by atoms with E-state index < -0.39 is 0 Å². The summed E-state index contributed by atoms with van der Waals surface area (Å²) < 4.78 is 0. The number of hydrogen-bond donors (Lipinski definition) is 0. The Kier molecular flexibility index (Phi) is 8.00. The molecule has 1 nitrogen and oxygen atoms in total. The van der Waals surface area contributed by atoms with Gasteiger partial charge in [0.1, 0.15) is 0 Å². The van der Waals surface area contributed by atoms with Gasteiger partial charge in [-0.25, -0.2) is 0 Å². The van der Waals surface area contributed by atoms with Gasteiger partial charge >= 0.3 is 0 Å². The van der Waals surface area contributed by atoms with Crippen molar-refractivity contribution < 1.29 is 4.79 Å². The molecule has 0 aliphatic carbocycles. The van der Waals surface area contributed by atoms with Crippen LogP contribution in [0.25, 0.3) is 6.08 Å². The average molecular weight is 353 g/mol. The van der Waals surface area contributed by atoms with E-state index in [1.165, 1.54) is 21.6 Å². The quantitative estimate of drug-likeness (QED) is 0.287. The summed E-state index contributed by atoms with van der Waals surface area (Å²) in [6, 6.07) is 14.3. The van der Waals surface area contributed by atoms with E-state index in [-0.39, 0.29) is 5.78 Å². The van der Waals surface area contributed by atoms with Crippen molar-refractivity contribution in [2.75, 3.05) is 5.75 Å². The average Bonchev–Trinajstić information content (AvgIpc) is 2.63. The third kappa shape index (κ3) is 5.61. The Labute approximate surface area is 156 Å². The Morgan fingerprint density at radius 3 is 2.32 bits per heavy atom. The molecule has 0 aliphatic heterocycles. The molecule has 2 aromatic rings. The highest BCUT2D eigenvalue weighted by molar-refractivity contribution is 7.99. The van der Waals surface area contributed by atoms with Gasteiger partial charge in [-0.15, -0.1) is 11.8 Å². The molecule has 2 rings (SSSR count). The molecule has 0 unspecified atom stereocenters. The maximum absolute atomic E-state index is 12.5. The van der Waals surface area contributed by atoms with Crippen LogP contribution < -0.4 is 0 Å². The number of carbonyl (C=O) groups excluding carboxylic acids is 1. The van der Waals surface area contributed by atoms with Gasteiger partial charge in [0, 0.05) is 10.5 Å². The maximum atomic E-state index is 12.5. The molecular weight excluding hydrogens is 324 g/mol. The maximum Gasteiger partial charge on any atom is 0.185 e. The monoisotopic (exact) mass is 352 g/mol. The third-order valence-corrected chi connectivity index (χ3v) is 5.09. The van der Waals surface area contributed by atoms with Gasteiger partial charge in [-0.3, -0.25) is 4.79 Å². The minimum Gasteiger partial charge on any atom is -0.289 e. The molecule has 0 radical (unpaired) electrons. The summed E-state index contributed by atoms with van der Waals surface area (Å²) in [6.45, 7) is 6.55. The van der Waals surface area contributed by atoms with Crippen LogP contribution in [0.4, 0.5) is 0 Å². The fraction of sp³-hybridized carbons (Fsp3) is 0.348. The van der Waals surface area contributed by atoms with Gasteiger partial charge < -0.3 is 0 Å². The van der Waals surface area contributed by atoms with Crippen LogP contribution in [0.1, 0.15) is 60.7 Å². The summed E-state index contributed by atoms with van der Waals surface area (Å²) in [4.78, 5) is 13.7. The lowest BCUT2D eigenvalue weighted by Gasteiger charge is -2.11. The van der Waals surface area contributed by atoms with Gasteiger partial charge in [0.2, 0.25) is 0 Å². The first kappa shape index (κ1) is 19.5. The molecule has 0 aliphatic rings. The molecule has 0 amide bonds. The van der Waals surface area contributed by atoms with Crippen molar-refractivity contribution in [2.45, 2.75) is 51.3 Å². The fourth-order valence-electron chi connectivity index (χ4n) is 3.01. The van der Waals surface area contributed by atoms with Gasteiger partial charge in [-0.1, -0.05) is 57.9 Å². The normalized spacial score (nSPS) is 11.2. The third-order valence-electron chi connectivity index (χ3n) is 4.19. The molecule has 0 bridgehead atoms. The lowest BCUT2D eigenvalue weighted by atomic mass is 9.94. The second kappa shape index (κ2) is 10.2. The molecule has 0 spiro atoms. The highest BCUT2D eigenvalue weighted by Gasteiger charge is 2.07. The van der Waals surface area contributed by atoms with Crippen LogP contribution >= 0.6 is 11.8 Å². The minimum atomic E-state index is 0.0661. The van der Waals surface area contributed by atoms with Gasteiger partial charge in [-0.05, 0) is 65.6 Å². The highest BCUT2D eigenvalue weighted by atomic mass is 32.2. The zero-order valence-corrected chi connectivity index (χ0v) is 16.4. The first-order chi connectivity index (χ1) is 12.2. The summed E-state index contributed by atoms with van der Waals surface area (Å²) in [5.74, 6) is 1.11. The first-order valence-corrected chi connectivity index (χ1v) is 10.2. The van der Waals surface area contributed by atoms with Crippen LogP contribution in [0.3, 0.4) is 0 Å². The van der Waals surface area contributed by atoms with E-state index in [0.717, 1.165) is 37.0 Å². The van der Waals surface area contributed by atoms with Crippen LogP contribution in [0.5, 0.6) is 0 Å². The molecular formula is C23H28OS. The molecule has 0 atom stereocenters. The van der Waals surface area contributed by atoms with E-state index in [1.54, 1.807) is 17.8 Å². The molecule has 2 heteroatoms. The van der Waals surface area contributed by atoms with Gasteiger partial charge in [0.25, 0.3) is 0 Å². The summed E-state index contributed by atoms with van der Waals surface area (Å²) in [5, 5.41) is 0.